The van der Waals surface area contributed by atoms with E-state index in [1.165, 1.54) is 29.7 Å². The molecule has 0 N–H and O–H groups in total. The van der Waals surface area contributed by atoms with E-state index in [-0.39, 0.29) is 31.1 Å². The third-order valence-corrected chi connectivity index (χ3v) is 2.53. The Bertz CT molecular complexity index is 85.1. The van der Waals surface area contributed by atoms with Gasteiger partial charge in [-0.1, -0.05) is 0 Å². The second-order valence-corrected chi connectivity index (χ2v) is 3.78. The predicted octanol–water partition coefficient (Wildman–Crippen LogP) is 1.61. The summed E-state index contributed by atoms with van der Waals surface area (Å²) in [6.07, 6.45) is 5.36. The van der Waals surface area contributed by atoms with E-state index in [1.807, 2.05) is 0 Å². The van der Waals surface area contributed by atoms with Gasteiger partial charge in [-0.2, -0.15) is 0 Å². The van der Waals surface area contributed by atoms with Gasteiger partial charge in [0.25, 0.3) is 0 Å². The van der Waals surface area contributed by atoms with Crippen molar-refractivity contribution < 1.29 is 50.5 Å². The summed E-state index contributed by atoms with van der Waals surface area (Å²) in [7, 11) is 0. The fourth-order valence-electron chi connectivity index (χ4n) is 0.848. The average Bonchev–Trinajstić information content (AvgIpc) is 1.94. The van der Waals surface area contributed by atoms with Crippen LogP contribution in [0.25, 0.3) is 5.32 Å². The number of nitrogens with zero attached hydrogens (tertiary/aromatic N) is 1. The van der Waals surface area contributed by atoms with Gasteiger partial charge >= 0.3 is 60.9 Å². The van der Waals surface area contributed by atoms with Gasteiger partial charge in [0.15, 0.2) is 0 Å². The van der Waals surface area contributed by atoms with Crippen LogP contribution in [0.3, 0.4) is 0 Å². The van der Waals surface area contributed by atoms with Gasteiger partial charge in [-0.25, -0.2) is 0 Å². The van der Waals surface area contributed by atoms with Crippen LogP contribution >= 0.6 is 0 Å². The first kappa shape index (κ1) is 10.6. The standard InChI is InChI=1S/C6H10N.U.W/c1-2-4-6-7-5-3-1;;/h1-5H2;;/q-1;;. The molecule has 1 aliphatic rings. The Hall–Kier alpha value is 1.57. The summed E-state index contributed by atoms with van der Waals surface area (Å²) in [5.74, 6) is 0. The van der Waals surface area contributed by atoms with Crippen molar-refractivity contribution in [3.8, 4) is 0 Å². The summed E-state index contributed by atoms with van der Waals surface area (Å²) in [6.45, 7) is 1.10. The number of rotatable bonds is 0. The molecule has 9 heavy (non-hydrogen) atoms. The molecule has 0 bridgehead atoms. The minimum atomic E-state index is 0. The second kappa shape index (κ2) is 6.29. The van der Waals surface area contributed by atoms with Crippen molar-refractivity contribution in [1.29, 1.82) is 0 Å². The monoisotopic (exact) mass is 518 g/mol. The molecule has 1 saturated heterocycles. The van der Waals surface area contributed by atoms with Gasteiger partial charge in [0.05, 0.1) is 0 Å². The van der Waals surface area contributed by atoms with Crippen LogP contribution in [-0.4, -0.2) is 10.6 Å². The summed E-state index contributed by atoms with van der Waals surface area (Å²) in [4.78, 5) is 0. The number of hydrogen-bond donors (Lipinski definition) is 0. The molecule has 0 aliphatic carbocycles. The molecule has 50 valence electrons. The second-order valence-electron chi connectivity index (χ2n) is 2.09. The van der Waals surface area contributed by atoms with Gasteiger partial charge in [0, 0.05) is 31.1 Å². The first-order chi connectivity index (χ1) is 3.89. The molecule has 1 rings (SSSR count). The van der Waals surface area contributed by atoms with Crippen LogP contribution in [0, 0.1) is 31.1 Å². The van der Waals surface area contributed by atoms with Crippen molar-refractivity contribution in [3.05, 3.63) is 5.32 Å². The third kappa shape index (κ3) is 4.91. The van der Waals surface area contributed by atoms with Crippen molar-refractivity contribution >= 4 is 4.02 Å². The maximum absolute atomic E-state index is 4.38. The molecule has 0 aromatic heterocycles. The normalized spacial score (nSPS) is 20.2. The van der Waals surface area contributed by atoms with E-state index in [0.29, 0.717) is 0 Å². The molecule has 0 unspecified atom stereocenters. The Morgan fingerprint density at radius 1 is 1.22 bits per heavy atom. The SMILES string of the molecule is [U].[W]=[C]1CCCCC[N-]1. The van der Waals surface area contributed by atoms with Gasteiger partial charge in [-0.3, -0.25) is 0 Å². The van der Waals surface area contributed by atoms with E-state index in [9.17, 15) is 0 Å². The Labute approximate surface area is 91.1 Å². The minimum absolute atomic E-state index is 0. The topological polar surface area (TPSA) is 14.1 Å². The van der Waals surface area contributed by atoms with Crippen LogP contribution in [0.15, 0.2) is 0 Å². The maximum atomic E-state index is 4.38. The number of hydrogen-bond acceptors (Lipinski definition) is 0. The zero-order valence-electron chi connectivity index (χ0n) is 5.39. The van der Waals surface area contributed by atoms with Crippen LogP contribution in [0.1, 0.15) is 25.7 Å². The van der Waals surface area contributed by atoms with Crippen molar-refractivity contribution in [1.82, 2.24) is 0 Å². The quantitative estimate of drug-likeness (QED) is 0.464. The van der Waals surface area contributed by atoms with Crippen molar-refractivity contribution in [2.24, 2.45) is 0 Å². The van der Waals surface area contributed by atoms with Crippen LogP contribution in [-0.2, 0) is 19.4 Å². The molecule has 0 saturated carbocycles. The molecule has 1 heterocycles. The average molecular weight is 518 g/mol. The third-order valence-electron chi connectivity index (χ3n) is 1.34. The van der Waals surface area contributed by atoms with Crippen LogP contribution in [0.2, 0.25) is 0 Å². The molecule has 1 fully saturated rings. The van der Waals surface area contributed by atoms with E-state index < -0.39 is 0 Å². The first-order valence-electron chi connectivity index (χ1n) is 3.10. The Morgan fingerprint density at radius 2 is 2.00 bits per heavy atom. The van der Waals surface area contributed by atoms with Gasteiger partial charge in [0.2, 0.25) is 0 Å². The molecule has 0 aromatic carbocycles. The summed E-state index contributed by atoms with van der Waals surface area (Å²) in [5.41, 5.74) is 0. The predicted molar refractivity (Wildman–Crippen MR) is 31.7 cm³/mol. The summed E-state index contributed by atoms with van der Waals surface area (Å²) >= 11 is 1.57. The zero-order valence-corrected chi connectivity index (χ0v) is 12.5. The Kier molecular flexibility index (Phi) is 7.39. The molecule has 0 atom stereocenters. The zero-order chi connectivity index (χ0) is 5.82. The van der Waals surface area contributed by atoms with Gasteiger partial charge in [0.1, 0.15) is 0 Å². The van der Waals surface area contributed by atoms with Crippen molar-refractivity contribution in [2.75, 3.05) is 6.54 Å². The fourth-order valence-corrected chi connectivity index (χ4v) is 1.69. The van der Waals surface area contributed by atoms with E-state index in [1.54, 1.807) is 19.4 Å². The Morgan fingerprint density at radius 3 is 2.78 bits per heavy atom. The van der Waals surface area contributed by atoms with E-state index >= 15 is 0 Å². The van der Waals surface area contributed by atoms with Gasteiger partial charge < -0.3 is 0 Å². The van der Waals surface area contributed by atoms with E-state index in [2.05, 4.69) is 5.32 Å². The first-order valence-corrected chi connectivity index (χ1v) is 4.56. The molecule has 0 amide bonds. The Balaban J connectivity index is 0.000000640. The van der Waals surface area contributed by atoms with Gasteiger partial charge in [-0.05, 0) is 0 Å². The molecule has 0 aromatic rings. The summed E-state index contributed by atoms with van der Waals surface area (Å²) < 4.78 is 1.43. The summed E-state index contributed by atoms with van der Waals surface area (Å²) in [5, 5.41) is 4.38. The van der Waals surface area contributed by atoms with E-state index in [4.69, 9.17) is 0 Å². The van der Waals surface area contributed by atoms with Gasteiger partial charge in [-0.15, -0.1) is 0 Å². The van der Waals surface area contributed by atoms with E-state index in [0.717, 1.165) is 6.54 Å². The van der Waals surface area contributed by atoms with Crippen LogP contribution in [0.5, 0.6) is 0 Å². The molecule has 1 nitrogen and oxygen atoms in total. The van der Waals surface area contributed by atoms with Crippen molar-refractivity contribution in [3.63, 3.8) is 0 Å². The molecular weight excluding hydrogens is 508 g/mol. The molecule has 1 aliphatic heterocycles. The van der Waals surface area contributed by atoms with Crippen molar-refractivity contribution in [2.45, 2.75) is 25.7 Å². The van der Waals surface area contributed by atoms with Crippen LogP contribution in [0.4, 0.5) is 0 Å². The molecule has 3 heteroatoms. The molecular formula is C6H10NUW-. The molecule has 0 spiro atoms. The van der Waals surface area contributed by atoms with Crippen LogP contribution < -0.4 is 0 Å². The fraction of sp³-hybridized carbons (Fsp3) is 0.833. The summed E-state index contributed by atoms with van der Waals surface area (Å²) in [6, 6.07) is 0. The molecule has 0 radical (unpaired) electrons.